The first-order valence-electron chi connectivity index (χ1n) is 8.24. The fourth-order valence-corrected chi connectivity index (χ4v) is 2.77. The fraction of sp³-hybridized carbons (Fsp3) is 0.235. The molecule has 3 N–H and O–H groups in total. The van der Waals surface area contributed by atoms with Crippen LogP contribution in [-0.4, -0.2) is 40.8 Å². The Morgan fingerprint density at radius 3 is 2.92 bits per heavy atom. The number of H-pyrrole nitrogens is 2. The van der Waals surface area contributed by atoms with Gasteiger partial charge in [0.05, 0.1) is 35.6 Å². The Labute approximate surface area is 148 Å². The van der Waals surface area contributed by atoms with Gasteiger partial charge in [-0.2, -0.15) is 10.2 Å². The van der Waals surface area contributed by atoms with E-state index >= 15 is 0 Å². The quantitative estimate of drug-likeness (QED) is 0.507. The van der Waals surface area contributed by atoms with E-state index in [1.807, 2.05) is 42.7 Å². The Hall–Kier alpha value is -3.49. The van der Waals surface area contributed by atoms with Crippen LogP contribution in [0.2, 0.25) is 0 Å². The van der Waals surface area contributed by atoms with Crippen LogP contribution in [0.4, 0.5) is 0 Å². The summed E-state index contributed by atoms with van der Waals surface area (Å²) in [7, 11) is 0. The van der Waals surface area contributed by atoms with Crippen molar-refractivity contribution in [3.05, 3.63) is 59.7 Å². The summed E-state index contributed by atoms with van der Waals surface area (Å²) >= 11 is 0. The molecule has 1 amide bonds. The Bertz CT molecular complexity index is 1060. The van der Waals surface area contributed by atoms with Crippen LogP contribution in [0.5, 0.6) is 0 Å². The van der Waals surface area contributed by atoms with Crippen molar-refractivity contribution in [1.82, 2.24) is 40.2 Å². The molecule has 0 bridgehead atoms. The van der Waals surface area contributed by atoms with Crippen molar-refractivity contribution in [2.45, 2.75) is 26.4 Å². The molecule has 3 aromatic heterocycles. The Morgan fingerprint density at radius 1 is 1.27 bits per heavy atom. The molecule has 0 aliphatic carbocycles. The van der Waals surface area contributed by atoms with Crippen LogP contribution in [0.25, 0.3) is 11.0 Å². The van der Waals surface area contributed by atoms with Crippen LogP contribution in [0.1, 0.15) is 40.8 Å². The van der Waals surface area contributed by atoms with E-state index in [4.69, 9.17) is 0 Å². The number of amides is 1. The van der Waals surface area contributed by atoms with E-state index in [-0.39, 0.29) is 11.9 Å². The highest BCUT2D eigenvalue weighted by molar-refractivity contribution is 5.92. The third kappa shape index (κ3) is 3.06. The topological polar surface area (TPSA) is 117 Å². The van der Waals surface area contributed by atoms with Crippen molar-refractivity contribution in [2.24, 2.45) is 0 Å². The number of hydrogen-bond acceptors (Lipinski definition) is 5. The standard InChI is InChI=1S/C17H18N8O/c1-10(16-20-11(2)21-24-16)19-17(26)14-7-12(22-23-14)8-25-9-18-13-5-3-4-6-15(13)25/h3-7,9-10H,8H2,1-2H3,(H,19,26)(H,22,23)(H,20,21,24)/t10-/m0/s1. The van der Waals surface area contributed by atoms with Crippen molar-refractivity contribution in [1.29, 1.82) is 0 Å². The van der Waals surface area contributed by atoms with Crippen molar-refractivity contribution >= 4 is 16.9 Å². The second-order valence-electron chi connectivity index (χ2n) is 6.11. The summed E-state index contributed by atoms with van der Waals surface area (Å²) in [5.74, 6) is 0.963. The molecule has 0 spiro atoms. The summed E-state index contributed by atoms with van der Waals surface area (Å²) in [5, 5.41) is 16.7. The number of nitrogens with zero attached hydrogens (tertiary/aromatic N) is 5. The van der Waals surface area contributed by atoms with E-state index in [2.05, 4.69) is 35.7 Å². The maximum Gasteiger partial charge on any atom is 0.272 e. The van der Waals surface area contributed by atoms with Crippen molar-refractivity contribution in [3.8, 4) is 0 Å². The molecule has 0 aliphatic heterocycles. The Kier molecular flexibility index (Phi) is 3.96. The number of aryl methyl sites for hydroxylation is 1. The maximum absolute atomic E-state index is 12.4. The minimum absolute atomic E-state index is 0.280. The molecule has 0 saturated carbocycles. The molecule has 3 heterocycles. The van der Waals surface area contributed by atoms with Crippen LogP contribution in [0.3, 0.4) is 0 Å². The summed E-state index contributed by atoms with van der Waals surface area (Å²) in [4.78, 5) is 21.0. The zero-order valence-corrected chi connectivity index (χ0v) is 14.4. The highest BCUT2D eigenvalue weighted by Gasteiger charge is 2.17. The third-order valence-electron chi connectivity index (χ3n) is 4.08. The number of nitrogens with one attached hydrogen (secondary N) is 3. The van der Waals surface area contributed by atoms with Crippen LogP contribution in [0.15, 0.2) is 36.7 Å². The van der Waals surface area contributed by atoms with Gasteiger partial charge >= 0.3 is 0 Å². The molecule has 0 radical (unpaired) electrons. The molecule has 1 aromatic carbocycles. The Morgan fingerprint density at radius 2 is 2.12 bits per heavy atom. The predicted molar refractivity (Wildman–Crippen MR) is 94.4 cm³/mol. The lowest BCUT2D eigenvalue weighted by Crippen LogP contribution is -2.27. The summed E-state index contributed by atoms with van der Waals surface area (Å²) in [6.07, 6.45) is 1.78. The van der Waals surface area contributed by atoms with E-state index in [1.54, 1.807) is 12.4 Å². The lowest BCUT2D eigenvalue weighted by Gasteiger charge is -2.08. The first-order valence-corrected chi connectivity index (χ1v) is 8.24. The first-order chi connectivity index (χ1) is 12.6. The number of aromatic nitrogens is 7. The van der Waals surface area contributed by atoms with Gasteiger partial charge in [0.1, 0.15) is 11.5 Å². The van der Waals surface area contributed by atoms with Crippen LogP contribution >= 0.6 is 0 Å². The average Bonchev–Trinajstić information content (AvgIpc) is 3.36. The molecule has 4 aromatic rings. The van der Waals surface area contributed by atoms with Gasteiger partial charge in [0.25, 0.3) is 5.91 Å². The van der Waals surface area contributed by atoms with Gasteiger partial charge in [-0.05, 0) is 32.0 Å². The minimum Gasteiger partial charge on any atom is -0.341 e. The summed E-state index contributed by atoms with van der Waals surface area (Å²) in [5.41, 5.74) is 3.10. The molecule has 0 unspecified atom stereocenters. The molecule has 9 nitrogen and oxygen atoms in total. The number of aromatic amines is 2. The third-order valence-corrected chi connectivity index (χ3v) is 4.08. The summed E-state index contributed by atoms with van der Waals surface area (Å²) in [6, 6.07) is 9.31. The number of carbonyl (C=O) groups is 1. The average molecular weight is 350 g/mol. The van der Waals surface area contributed by atoms with Gasteiger partial charge in [-0.25, -0.2) is 9.97 Å². The monoisotopic (exact) mass is 350 g/mol. The van der Waals surface area contributed by atoms with Gasteiger partial charge in [-0.3, -0.25) is 15.0 Å². The van der Waals surface area contributed by atoms with Crippen molar-refractivity contribution < 1.29 is 4.79 Å². The molecule has 0 saturated heterocycles. The minimum atomic E-state index is -0.315. The molecule has 0 fully saturated rings. The summed E-state index contributed by atoms with van der Waals surface area (Å²) < 4.78 is 2.00. The predicted octanol–water partition coefficient (Wildman–Crippen LogP) is 1.73. The van der Waals surface area contributed by atoms with Gasteiger partial charge < -0.3 is 9.88 Å². The Balaban J connectivity index is 1.46. The first kappa shape index (κ1) is 16.0. The molecule has 1 atom stereocenters. The SMILES string of the molecule is Cc1nc([C@H](C)NC(=O)c2cc(Cn3cnc4ccccc43)[nH]n2)n[nH]1. The van der Waals surface area contributed by atoms with Crippen molar-refractivity contribution in [3.63, 3.8) is 0 Å². The second-order valence-corrected chi connectivity index (χ2v) is 6.11. The highest BCUT2D eigenvalue weighted by atomic mass is 16.2. The molecule has 132 valence electrons. The van der Waals surface area contributed by atoms with Crippen LogP contribution in [-0.2, 0) is 6.54 Å². The molecule has 0 aliphatic rings. The normalized spacial score (nSPS) is 12.4. The van der Waals surface area contributed by atoms with Gasteiger partial charge in [0.2, 0.25) is 0 Å². The van der Waals surface area contributed by atoms with Gasteiger partial charge in [-0.1, -0.05) is 12.1 Å². The zero-order chi connectivity index (χ0) is 18.1. The zero-order valence-electron chi connectivity index (χ0n) is 14.4. The van der Waals surface area contributed by atoms with E-state index < -0.39 is 0 Å². The van der Waals surface area contributed by atoms with Gasteiger partial charge in [0.15, 0.2) is 5.82 Å². The lowest BCUT2D eigenvalue weighted by molar-refractivity contribution is 0.0933. The summed E-state index contributed by atoms with van der Waals surface area (Å²) in [6.45, 7) is 4.19. The number of imidazole rings is 1. The number of benzene rings is 1. The van der Waals surface area contributed by atoms with E-state index in [0.717, 1.165) is 16.7 Å². The van der Waals surface area contributed by atoms with E-state index in [9.17, 15) is 4.79 Å². The molecular weight excluding hydrogens is 332 g/mol. The van der Waals surface area contributed by atoms with E-state index in [1.165, 1.54) is 0 Å². The number of fused-ring (bicyclic) bond motifs is 1. The number of rotatable bonds is 5. The van der Waals surface area contributed by atoms with Crippen LogP contribution < -0.4 is 5.32 Å². The second kappa shape index (κ2) is 6.43. The fourth-order valence-electron chi connectivity index (χ4n) is 2.77. The van der Waals surface area contributed by atoms with Crippen LogP contribution in [0, 0.1) is 6.92 Å². The largest absolute Gasteiger partial charge is 0.341 e. The number of carbonyl (C=O) groups excluding carboxylic acids is 1. The lowest BCUT2D eigenvalue weighted by atomic mass is 10.2. The molecule has 26 heavy (non-hydrogen) atoms. The van der Waals surface area contributed by atoms with E-state index in [0.29, 0.717) is 23.9 Å². The molecule has 4 rings (SSSR count). The number of para-hydroxylation sites is 2. The smallest absolute Gasteiger partial charge is 0.272 e. The molecular formula is C17H18N8O. The maximum atomic E-state index is 12.4. The highest BCUT2D eigenvalue weighted by Crippen LogP contribution is 2.14. The molecule has 9 heteroatoms. The number of hydrogen-bond donors (Lipinski definition) is 3. The van der Waals surface area contributed by atoms with Crippen molar-refractivity contribution in [2.75, 3.05) is 0 Å². The van der Waals surface area contributed by atoms with Gasteiger partial charge in [-0.15, -0.1) is 0 Å². The van der Waals surface area contributed by atoms with Gasteiger partial charge in [0, 0.05) is 0 Å².